The SMILES string of the molecule is CCCCCCCCCCC(O)CCCCCCC(CCCC)S(=O)(=O)[O-].[K+]. The summed E-state index contributed by atoms with van der Waals surface area (Å²) < 4.78 is 33.8. The first-order valence-corrected chi connectivity index (χ1v) is 13.0. The Hall–Kier alpha value is 1.51. The number of aliphatic hydroxyl groups is 1. The standard InChI is InChI=1S/C22H46O4S.K/c1-3-5-7-8-9-10-11-14-17-21(23)18-15-12-13-16-20-22(19-6-4-2)27(24,25)26;/h21-23H,3-20H2,1-2H3,(H,24,25,26);/q;+1/p-1. The van der Waals surface area contributed by atoms with E-state index in [1.807, 2.05) is 6.92 Å². The minimum Gasteiger partial charge on any atom is -0.748 e. The predicted molar refractivity (Wildman–Crippen MR) is 114 cm³/mol. The molecular weight excluding hydrogens is 399 g/mol. The van der Waals surface area contributed by atoms with Gasteiger partial charge in [0.25, 0.3) is 0 Å². The zero-order valence-corrected chi connectivity index (χ0v) is 22.9. The maximum Gasteiger partial charge on any atom is 1.00 e. The monoisotopic (exact) mass is 444 g/mol. The molecule has 1 N–H and O–H groups in total. The Labute approximate surface area is 218 Å². The van der Waals surface area contributed by atoms with E-state index in [-0.39, 0.29) is 57.5 Å². The number of unbranched alkanes of at least 4 members (excludes halogenated alkanes) is 11. The van der Waals surface area contributed by atoms with Crippen molar-refractivity contribution in [3.63, 3.8) is 0 Å². The molecule has 0 aromatic heterocycles. The summed E-state index contributed by atoms with van der Waals surface area (Å²) in [6, 6.07) is 0. The van der Waals surface area contributed by atoms with Crippen LogP contribution in [0.3, 0.4) is 0 Å². The first-order chi connectivity index (χ1) is 12.9. The number of rotatable bonds is 20. The molecule has 164 valence electrons. The fourth-order valence-corrected chi connectivity index (χ4v) is 4.54. The van der Waals surface area contributed by atoms with Crippen molar-refractivity contribution in [3.8, 4) is 0 Å². The van der Waals surface area contributed by atoms with E-state index in [4.69, 9.17) is 0 Å². The Morgan fingerprint density at radius 2 is 1.00 bits per heavy atom. The van der Waals surface area contributed by atoms with Crippen molar-refractivity contribution >= 4 is 10.1 Å². The fraction of sp³-hybridized carbons (Fsp3) is 1.00. The molecular formula is C22H45KO4S. The molecule has 0 aliphatic heterocycles. The molecule has 28 heavy (non-hydrogen) atoms. The second-order valence-corrected chi connectivity index (χ2v) is 9.82. The molecule has 4 nitrogen and oxygen atoms in total. The first kappa shape index (κ1) is 31.7. The summed E-state index contributed by atoms with van der Waals surface area (Å²) in [6.07, 6.45) is 18.3. The molecule has 0 aliphatic carbocycles. The molecule has 0 rings (SSSR count). The number of aliphatic hydroxyl groups excluding tert-OH is 1. The van der Waals surface area contributed by atoms with Crippen LogP contribution in [0.5, 0.6) is 0 Å². The minimum absolute atomic E-state index is 0. The van der Waals surface area contributed by atoms with Crippen LogP contribution in [0.25, 0.3) is 0 Å². The van der Waals surface area contributed by atoms with Gasteiger partial charge in [-0.1, -0.05) is 104 Å². The van der Waals surface area contributed by atoms with Crippen LogP contribution in [-0.4, -0.2) is 29.4 Å². The van der Waals surface area contributed by atoms with Gasteiger partial charge >= 0.3 is 51.4 Å². The molecule has 0 saturated heterocycles. The van der Waals surface area contributed by atoms with Gasteiger partial charge in [-0.05, 0) is 25.7 Å². The van der Waals surface area contributed by atoms with E-state index in [0.717, 1.165) is 57.8 Å². The van der Waals surface area contributed by atoms with E-state index >= 15 is 0 Å². The number of hydrogen-bond acceptors (Lipinski definition) is 4. The van der Waals surface area contributed by atoms with Crippen LogP contribution in [0, 0.1) is 0 Å². The average Bonchev–Trinajstić information content (AvgIpc) is 2.61. The Kier molecular flexibility index (Phi) is 24.6. The van der Waals surface area contributed by atoms with Crippen molar-refractivity contribution in [3.05, 3.63) is 0 Å². The molecule has 0 aromatic rings. The molecule has 0 aliphatic rings. The molecule has 0 spiro atoms. The van der Waals surface area contributed by atoms with Gasteiger partial charge in [-0.2, -0.15) is 0 Å². The van der Waals surface area contributed by atoms with Crippen LogP contribution in [0.15, 0.2) is 0 Å². The third-order valence-corrected chi connectivity index (χ3v) is 6.78. The van der Waals surface area contributed by atoms with Gasteiger partial charge in [-0.25, -0.2) is 8.42 Å². The van der Waals surface area contributed by atoms with Crippen molar-refractivity contribution in [1.82, 2.24) is 0 Å². The molecule has 0 fully saturated rings. The molecule has 2 unspecified atom stereocenters. The van der Waals surface area contributed by atoms with Crippen LogP contribution in [0.2, 0.25) is 0 Å². The van der Waals surface area contributed by atoms with Gasteiger partial charge in [-0.3, -0.25) is 0 Å². The summed E-state index contributed by atoms with van der Waals surface area (Å²) in [5.41, 5.74) is 0. The zero-order chi connectivity index (χ0) is 20.4. The quantitative estimate of drug-likeness (QED) is 0.177. The van der Waals surface area contributed by atoms with Crippen LogP contribution in [-0.2, 0) is 10.1 Å². The van der Waals surface area contributed by atoms with Crippen molar-refractivity contribution in [1.29, 1.82) is 0 Å². The molecule has 0 saturated carbocycles. The van der Waals surface area contributed by atoms with E-state index in [2.05, 4.69) is 6.92 Å². The van der Waals surface area contributed by atoms with Crippen LogP contribution in [0.1, 0.15) is 129 Å². The largest absolute Gasteiger partial charge is 1.00 e. The van der Waals surface area contributed by atoms with Gasteiger partial charge in [0.15, 0.2) is 0 Å². The van der Waals surface area contributed by atoms with Crippen molar-refractivity contribution in [2.45, 2.75) is 141 Å². The Bertz CT molecular complexity index is 415. The van der Waals surface area contributed by atoms with Crippen molar-refractivity contribution in [2.24, 2.45) is 0 Å². The van der Waals surface area contributed by atoms with E-state index in [9.17, 15) is 18.1 Å². The van der Waals surface area contributed by atoms with Gasteiger partial charge in [0.2, 0.25) is 0 Å². The van der Waals surface area contributed by atoms with Gasteiger partial charge in [0, 0.05) is 5.25 Å². The second kappa shape index (κ2) is 21.7. The normalized spacial score (nSPS) is 13.9. The Morgan fingerprint density at radius 1 is 0.643 bits per heavy atom. The van der Waals surface area contributed by atoms with Crippen molar-refractivity contribution in [2.75, 3.05) is 0 Å². The molecule has 6 heteroatoms. The van der Waals surface area contributed by atoms with Crippen LogP contribution >= 0.6 is 0 Å². The van der Waals surface area contributed by atoms with E-state index in [1.54, 1.807) is 0 Å². The first-order valence-electron chi connectivity index (χ1n) is 11.5. The Morgan fingerprint density at radius 3 is 1.43 bits per heavy atom. The molecule has 2 atom stereocenters. The number of hydrogen-bond donors (Lipinski definition) is 1. The third kappa shape index (κ3) is 20.8. The summed E-state index contributed by atoms with van der Waals surface area (Å²) in [5, 5.41) is 9.35. The average molecular weight is 445 g/mol. The summed E-state index contributed by atoms with van der Waals surface area (Å²) in [6.45, 7) is 4.25. The predicted octanol–water partition coefficient (Wildman–Crippen LogP) is 3.33. The molecule has 0 radical (unpaired) electrons. The van der Waals surface area contributed by atoms with Crippen LogP contribution < -0.4 is 51.4 Å². The Balaban J connectivity index is 0. The van der Waals surface area contributed by atoms with Gasteiger partial charge in [0.05, 0.1) is 16.2 Å². The van der Waals surface area contributed by atoms with Gasteiger partial charge in [-0.15, -0.1) is 0 Å². The fourth-order valence-electron chi connectivity index (χ4n) is 3.63. The topological polar surface area (TPSA) is 77.4 Å². The second-order valence-electron chi connectivity index (χ2n) is 8.17. The smallest absolute Gasteiger partial charge is 0.748 e. The summed E-state index contributed by atoms with van der Waals surface area (Å²) >= 11 is 0. The van der Waals surface area contributed by atoms with Gasteiger partial charge in [0.1, 0.15) is 0 Å². The molecule has 0 aromatic carbocycles. The third-order valence-electron chi connectivity index (χ3n) is 5.49. The van der Waals surface area contributed by atoms with Crippen LogP contribution in [0.4, 0.5) is 0 Å². The summed E-state index contributed by atoms with van der Waals surface area (Å²) in [4.78, 5) is 0. The van der Waals surface area contributed by atoms with E-state index in [1.165, 1.54) is 44.9 Å². The summed E-state index contributed by atoms with van der Waals surface area (Å²) in [7, 11) is -4.16. The maximum atomic E-state index is 11.3. The van der Waals surface area contributed by atoms with Crippen molar-refractivity contribution < 1.29 is 69.5 Å². The molecule has 0 bridgehead atoms. The molecule has 0 heterocycles. The van der Waals surface area contributed by atoms with E-state index in [0.29, 0.717) is 12.8 Å². The van der Waals surface area contributed by atoms with E-state index < -0.39 is 15.4 Å². The zero-order valence-electron chi connectivity index (χ0n) is 19.0. The molecule has 0 amide bonds. The minimum atomic E-state index is -4.16. The summed E-state index contributed by atoms with van der Waals surface area (Å²) in [5.74, 6) is 0. The van der Waals surface area contributed by atoms with Gasteiger partial charge < -0.3 is 9.66 Å². The maximum absolute atomic E-state index is 11.3.